The number of aromatic nitrogens is 2. The number of hydrogen-bond acceptors (Lipinski definition) is 3. The number of nitrogens with zero attached hydrogens (tertiary/aromatic N) is 8. The Balaban J connectivity index is 1.30. The second-order valence-electron chi connectivity index (χ2n) is 15.5. The smallest absolute Gasteiger partial charge is 0.308 e. The van der Waals surface area contributed by atoms with Crippen LogP contribution in [0.25, 0.3) is 103 Å². The van der Waals surface area contributed by atoms with Gasteiger partial charge in [0.1, 0.15) is 11.6 Å². The van der Waals surface area contributed by atoms with Crippen molar-refractivity contribution < 1.29 is 13.2 Å². The second kappa shape index (κ2) is 15.5. The normalized spacial score (nSPS) is 11.2. The van der Waals surface area contributed by atoms with Gasteiger partial charge in [0, 0.05) is 38.2 Å². The summed E-state index contributed by atoms with van der Waals surface area (Å²) in [4.78, 5) is 10.7. The fourth-order valence-electron chi connectivity index (χ4n) is 8.92. The van der Waals surface area contributed by atoms with Crippen molar-refractivity contribution in [1.82, 2.24) is 9.13 Å². The van der Waals surface area contributed by atoms with Crippen LogP contribution >= 0.6 is 0 Å². The van der Waals surface area contributed by atoms with Crippen molar-refractivity contribution in [3.05, 3.63) is 208 Å². The van der Waals surface area contributed by atoms with E-state index in [1.807, 2.05) is 94.1 Å². The van der Waals surface area contributed by atoms with Crippen LogP contribution in [0.5, 0.6) is 0 Å². The lowest BCUT2D eigenvalue weighted by Crippen LogP contribution is -2.06. The minimum absolute atomic E-state index is 0.220. The van der Waals surface area contributed by atoms with Crippen molar-refractivity contribution in [3.8, 4) is 63.0 Å². The summed E-state index contributed by atoms with van der Waals surface area (Å²) in [6.45, 7) is 23.3. The molecule has 0 unspecified atom stereocenters. The molecule has 11 heteroatoms. The summed E-state index contributed by atoms with van der Waals surface area (Å²) < 4.78 is 46.1. The molecule has 0 aliphatic rings. The Morgan fingerprint density at radius 1 is 0.439 bits per heavy atom. The Labute approximate surface area is 374 Å². The molecular weight excluding hydrogens is 830 g/mol. The molecule has 8 aromatic carbocycles. The third kappa shape index (κ3) is 6.51. The van der Waals surface area contributed by atoms with Crippen molar-refractivity contribution in [3.63, 3.8) is 0 Å². The van der Waals surface area contributed by atoms with Crippen LogP contribution in [0.2, 0.25) is 0 Å². The average molecular weight is 855 g/mol. The zero-order valence-electron chi connectivity index (χ0n) is 34.1. The lowest BCUT2D eigenvalue weighted by Gasteiger charge is -2.19. The Morgan fingerprint density at radius 2 is 0.924 bits per heavy atom. The van der Waals surface area contributed by atoms with Crippen LogP contribution in [0.3, 0.4) is 0 Å². The third-order valence-corrected chi connectivity index (χ3v) is 11.8. The highest BCUT2D eigenvalue weighted by Gasteiger charge is 2.31. The maximum Gasteiger partial charge on any atom is 0.415 e. The van der Waals surface area contributed by atoms with E-state index in [4.69, 9.17) is 19.7 Å². The molecule has 10 aromatic rings. The van der Waals surface area contributed by atoms with E-state index in [-0.39, 0.29) is 16.8 Å². The molecular formula is C55H25F3N8. The van der Waals surface area contributed by atoms with Crippen LogP contribution < -0.4 is 0 Å². The molecule has 0 saturated carbocycles. The van der Waals surface area contributed by atoms with Gasteiger partial charge in [-0.3, -0.25) is 0 Å². The number of benzene rings is 8. The number of halogens is 3. The highest BCUT2D eigenvalue weighted by atomic mass is 19.4. The third-order valence-electron chi connectivity index (χ3n) is 11.8. The highest BCUT2D eigenvalue weighted by molar-refractivity contribution is 6.12. The van der Waals surface area contributed by atoms with Crippen LogP contribution in [0.15, 0.2) is 152 Å². The van der Waals surface area contributed by atoms with Gasteiger partial charge in [-0.25, -0.2) is 14.5 Å². The van der Waals surface area contributed by atoms with Crippen LogP contribution in [0.4, 0.5) is 30.2 Å². The topological polar surface area (TPSA) is 94.3 Å². The average Bonchev–Trinajstić information content (AvgIpc) is 3.87. The summed E-state index contributed by atoms with van der Waals surface area (Å²) in [6.07, 6.45) is -4.69. The predicted molar refractivity (Wildman–Crippen MR) is 249 cm³/mol. The largest absolute Gasteiger partial charge is 0.415 e. The van der Waals surface area contributed by atoms with Gasteiger partial charge in [-0.15, -0.1) is 0 Å². The minimum atomic E-state index is -4.69. The van der Waals surface area contributed by atoms with E-state index in [0.29, 0.717) is 61.6 Å². The van der Waals surface area contributed by atoms with Gasteiger partial charge in [-0.2, -0.15) is 29.0 Å². The predicted octanol–water partition coefficient (Wildman–Crippen LogP) is 15.2. The van der Waals surface area contributed by atoms with E-state index < -0.39 is 11.7 Å². The summed E-state index contributed by atoms with van der Waals surface area (Å²) in [7, 11) is 0. The molecule has 8 nitrogen and oxygen atoms in total. The Hall–Kier alpha value is -9.91. The van der Waals surface area contributed by atoms with Crippen LogP contribution in [0, 0.1) is 53.7 Å². The molecule has 0 atom stereocenters. The first-order chi connectivity index (χ1) is 32.0. The maximum absolute atomic E-state index is 14.1. The summed E-state index contributed by atoms with van der Waals surface area (Å²) in [5.41, 5.74) is 7.51. The van der Waals surface area contributed by atoms with Gasteiger partial charge in [0.2, 0.25) is 0 Å². The number of rotatable bonds is 5. The van der Waals surface area contributed by atoms with Gasteiger partial charge in [0.15, 0.2) is 17.1 Å². The Kier molecular flexibility index (Phi) is 9.41. The summed E-state index contributed by atoms with van der Waals surface area (Å²) >= 11 is 0. The van der Waals surface area contributed by atoms with E-state index >= 15 is 0 Å². The summed E-state index contributed by atoms with van der Waals surface area (Å²) in [5, 5.41) is 34.1. The molecule has 66 heavy (non-hydrogen) atoms. The monoisotopic (exact) mass is 854 g/mol. The van der Waals surface area contributed by atoms with Crippen molar-refractivity contribution in [2.75, 3.05) is 0 Å². The summed E-state index contributed by atoms with van der Waals surface area (Å²) in [5.74, 6) is 0. The van der Waals surface area contributed by atoms with Crippen LogP contribution in [-0.4, -0.2) is 9.13 Å². The van der Waals surface area contributed by atoms with E-state index in [0.717, 1.165) is 55.8 Å². The van der Waals surface area contributed by atoms with Crippen molar-refractivity contribution in [2.45, 2.75) is 6.18 Å². The Bertz CT molecular complexity index is 3740. The van der Waals surface area contributed by atoms with Gasteiger partial charge >= 0.3 is 6.18 Å². The minimum Gasteiger partial charge on any atom is -0.308 e. The van der Waals surface area contributed by atoms with E-state index in [2.05, 4.69) is 32.7 Å². The molecule has 2 aromatic heterocycles. The highest BCUT2D eigenvalue weighted by Crippen LogP contribution is 2.44. The van der Waals surface area contributed by atoms with Gasteiger partial charge in [0.25, 0.3) is 0 Å². The van der Waals surface area contributed by atoms with Crippen LogP contribution in [-0.2, 0) is 6.18 Å². The molecule has 10 rings (SSSR count). The number of fused-ring (bicyclic) bond motifs is 6. The van der Waals surface area contributed by atoms with E-state index in [1.165, 1.54) is 18.2 Å². The van der Waals surface area contributed by atoms with Gasteiger partial charge < -0.3 is 9.13 Å². The molecule has 0 fully saturated rings. The zero-order valence-corrected chi connectivity index (χ0v) is 34.1. The fraction of sp³-hybridized carbons (Fsp3) is 0.0182. The maximum atomic E-state index is 14.1. The zero-order chi connectivity index (χ0) is 45.9. The molecule has 0 aliphatic heterocycles. The quantitative estimate of drug-likeness (QED) is 0.161. The SMILES string of the molecule is [C-]#[N+]c1cc(C#N)cc(-c2ccc3c(c2)c2ccccc2n3-c2cc(-c3ccc(C(F)(F)F)cc3[N+]#[C-])cc(-n3c4ccccc4c4cc(-c5cc(C#N)cc([N+]#[C-])c5)ccc43)c2C#N)c1. The number of para-hydroxylation sites is 2. The first kappa shape index (κ1) is 40.2. The molecule has 0 radical (unpaired) electrons. The van der Waals surface area contributed by atoms with Crippen molar-refractivity contribution in [1.29, 1.82) is 15.8 Å². The van der Waals surface area contributed by atoms with Gasteiger partial charge in [-0.1, -0.05) is 60.7 Å². The first-order valence-electron chi connectivity index (χ1n) is 20.2. The fourth-order valence-corrected chi connectivity index (χ4v) is 8.92. The molecule has 0 N–H and O–H groups in total. The summed E-state index contributed by atoms with van der Waals surface area (Å²) in [6, 6.07) is 50.1. The standard InChI is InChI=1S/C55H25F3N8/c1-62-40-20-32(29-59)18-36(22-40)34-12-16-51-45(24-34)43-8-4-6-10-49(43)65(51)53-26-38(42-15-14-39(55(56,57)58)28-48(42)64-3)27-54(47(53)31-61)66-50-11-7-5-9-44(50)46-25-35(13-17-52(46)66)37-19-33(30-60)21-41(23-37)63-2/h4-28H. The molecule has 306 valence electrons. The van der Waals surface area contributed by atoms with Gasteiger partial charge in [-0.05, 0) is 124 Å². The van der Waals surface area contributed by atoms with E-state index in [9.17, 15) is 29.0 Å². The number of nitriles is 3. The molecule has 0 aliphatic carbocycles. The molecule has 2 heterocycles. The molecule has 0 saturated heterocycles. The van der Waals surface area contributed by atoms with Gasteiger partial charge in [0.05, 0.1) is 65.3 Å². The first-order valence-corrected chi connectivity index (χ1v) is 20.2. The molecule has 0 amide bonds. The van der Waals surface area contributed by atoms with Crippen LogP contribution in [0.1, 0.15) is 22.3 Å². The molecule has 0 spiro atoms. The number of alkyl halides is 3. The lowest BCUT2D eigenvalue weighted by molar-refractivity contribution is -0.137. The van der Waals surface area contributed by atoms with E-state index in [1.54, 1.807) is 36.4 Å². The lowest BCUT2D eigenvalue weighted by atomic mass is 9.97. The second-order valence-corrected chi connectivity index (χ2v) is 15.5. The van der Waals surface area contributed by atoms with Crippen molar-refractivity contribution >= 4 is 60.7 Å². The van der Waals surface area contributed by atoms with Crippen molar-refractivity contribution in [2.24, 2.45) is 0 Å². The number of hydrogen-bond donors (Lipinski definition) is 0. The molecule has 0 bridgehead atoms. The Morgan fingerprint density at radius 3 is 1.36 bits per heavy atom.